The van der Waals surface area contributed by atoms with E-state index in [2.05, 4.69) is 26.6 Å². The molecule has 10 heavy (non-hydrogen) atoms. The second kappa shape index (κ2) is 2.66. The van der Waals surface area contributed by atoms with Crippen molar-refractivity contribution in [3.05, 3.63) is 0 Å². The van der Waals surface area contributed by atoms with Crippen LogP contribution in [0.25, 0.3) is 0 Å². The van der Waals surface area contributed by atoms with Crippen molar-refractivity contribution < 1.29 is 4.43 Å². The van der Waals surface area contributed by atoms with Crippen LogP contribution in [-0.4, -0.2) is 14.4 Å². The smallest absolute Gasteiger partial charge is 0.184 e. The third-order valence-electron chi connectivity index (χ3n) is 1.83. The maximum atomic E-state index is 5.90. The monoisotopic (exact) mass is 158 g/mol. The molecule has 0 aromatic carbocycles. The van der Waals surface area contributed by atoms with Gasteiger partial charge in [0.05, 0.1) is 0 Å². The minimum atomic E-state index is -1.24. The lowest BCUT2D eigenvalue weighted by atomic mass is 10.3. The molecule has 0 spiro atoms. The van der Waals surface area contributed by atoms with Crippen LogP contribution in [0.15, 0.2) is 0 Å². The molecule has 0 aromatic rings. The Morgan fingerprint density at radius 3 is 2.10 bits per heavy atom. The third kappa shape index (κ3) is 2.84. The molecule has 0 aliphatic heterocycles. The van der Waals surface area contributed by atoms with Gasteiger partial charge in [-0.3, -0.25) is 0 Å². The molecule has 0 bridgehead atoms. The molecule has 1 saturated carbocycles. The number of hydrogen-bond donors (Lipinski definition) is 0. The summed E-state index contributed by atoms with van der Waals surface area (Å²) in [4.78, 5) is 0. The van der Waals surface area contributed by atoms with Crippen molar-refractivity contribution in [1.82, 2.24) is 0 Å². The van der Waals surface area contributed by atoms with Crippen molar-refractivity contribution in [2.45, 2.75) is 45.5 Å². The van der Waals surface area contributed by atoms with Gasteiger partial charge in [0.15, 0.2) is 8.32 Å². The van der Waals surface area contributed by atoms with E-state index in [1.807, 2.05) is 0 Å². The fourth-order valence-corrected chi connectivity index (χ4v) is 2.53. The summed E-state index contributed by atoms with van der Waals surface area (Å²) in [5.74, 6) is 0.895. The van der Waals surface area contributed by atoms with Crippen LogP contribution in [0.2, 0.25) is 19.6 Å². The van der Waals surface area contributed by atoms with Crippen LogP contribution in [0, 0.1) is 5.92 Å². The largest absolute Gasteiger partial charge is 0.415 e. The molecule has 0 radical (unpaired) electrons. The summed E-state index contributed by atoms with van der Waals surface area (Å²) in [6.07, 6.45) is 3.32. The maximum absolute atomic E-state index is 5.90. The number of rotatable bonds is 3. The molecule has 1 aliphatic rings. The first-order valence-corrected chi connectivity index (χ1v) is 7.58. The zero-order valence-corrected chi connectivity index (χ0v) is 8.48. The van der Waals surface area contributed by atoms with E-state index in [-0.39, 0.29) is 0 Å². The summed E-state index contributed by atoms with van der Waals surface area (Å²) in [5.41, 5.74) is 0. The molecule has 0 amide bonds. The summed E-state index contributed by atoms with van der Waals surface area (Å²) in [6.45, 7) is 8.99. The Labute approximate surface area is 64.9 Å². The van der Waals surface area contributed by atoms with E-state index in [1.165, 1.54) is 12.8 Å². The lowest BCUT2D eigenvalue weighted by Crippen LogP contribution is -2.31. The van der Waals surface area contributed by atoms with Crippen molar-refractivity contribution in [1.29, 1.82) is 0 Å². The van der Waals surface area contributed by atoms with Gasteiger partial charge in [-0.1, -0.05) is 0 Å². The Kier molecular flexibility index (Phi) is 2.20. The molecular weight excluding hydrogens is 140 g/mol. The van der Waals surface area contributed by atoms with Crippen LogP contribution in [0.1, 0.15) is 19.8 Å². The highest BCUT2D eigenvalue weighted by Crippen LogP contribution is 2.35. The van der Waals surface area contributed by atoms with Gasteiger partial charge in [-0.05, 0) is 45.3 Å². The average molecular weight is 158 g/mol. The maximum Gasteiger partial charge on any atom is 0.184 e. The quantitative estimate of drug-likeness (QED) is 0.574. The molecule has 1 nitrogen and oxygen atoms in total. The van der Waals surface area contributed by atoms with Crippen molar-refractivity contribution in [3.63, 3.8) is 0 Å². The molecule has 1 rings (SSSR count). The van der Waals surface area contributed by atoms with Gasteiger partial charge in [-0.25, -0.2) is 0 Å². The van der Waals surface area contributed by atoms with Crippen LogP contribution in [0.5, 0.6) is 0 Å². The van der Waals surface area contributed by atoms with Crippen LogP contribution >= 0.6 is 0 Å². The highest BCUT2D eigenvalue weighted by atomic mass is 28.4. The summed E-state index contributed by atoms with van der Waals surface area (Å²) < 4.78 is 5.90. The average Bonchev–Trinajstić information content (AvgIpc) is 2.35. The summed E-state index contributed by atoms with van der Waals surface area (Å²) >= 11 is 0. The Morgan fingerprint density at radius 2 is 1.80 bits per heavy atom. The van der Waals surface area contributed by atoms with E-state index in [1.54, 1.807) is 0 Å². The van der Waals surface area contributed by atoms with Crippen molar-refractivity contribution >= 4 is 8.32 Å². The van der Waals surface area contributed by atoms with Gasteiger partial charge < -0.3 is 4.43 Å². The molecule has 0 N–H and O–H groups in total. The predicted octanol–water partition coefficient (Wildman–Crippen LogP) is 2.64. The fraction of sp³-hybridized carbons (Fsp3) is 1.00. The van der Waals surface area contributed by atoms with Gasteiger partial charge in [0.2, 0.25) is 0 Å². The van der Waals surface area contributed by atoms with E-state index in [9.17, 15) is 0 Å². The highest BCUT2D eigenvalue weighted by Gasteiger charge is 2.31. The lowest BCUT2D eigenvalue weighted by Gasteiger charge is -2.23. The zero-order valence-electron chi connectivity index (χ0n) is 7.48. The molecule has 1 atom stereocenters. The molecule has 1 aliphatic carbocycles. The van der Waals surface area contributed by atoms with Gasteiger partial charge in [-0.2, -0.15) is 0 Å². The molecule has 0 saturated heterocycles. The second-order valence-electron chi connectivity index (χ2n) is 4.27. The predicted molar refractivity (Wildman–Crippen MR) is 46.6 cm³/mol. The lowest BCUT2D eigenvalue weighted by molar-refractivity contribution is 0.190. The van der Waals surface area contributed by atoms with Crippen LogP contribution in [0.3, 0.4) is 0 Å². The molecule has 0 heterocycles. The van der Waals surface area contributed by atoms with E-state index < -0.39 is 8.32 Å². The highest BCUT2D eigenvalue weighted by molar-refractivity contribution is 6.69. The van der Waals surface area contributed by atoms with Crippen molar-refractivity contribution in [3.8, 4) is 0 Å². The Balaban J connectivity index is 2.23. The molecule has 60 valence electrons. The minimum Gasteiger partial charge on any atom is -0.415 e. The molecular formula is C8H18OSi. The minimum absolute atomic E-state index is 0.534. The van der Waals surface area contributed by atoms with Crippen LogP contribution < -0.4 is 0 Å². The molecule has 2 heteroatoms. The standard InChI is InChI=1S/C8H18OSi/c1-7(8-5-6-8)9-10(2,3)4/h7-8H,5-6H2,1-4H3. The normalized spacial score (nSPS) is 22.8. The van der Waals surface area contributed by atoms with E-state index in [0.717, 1.165) is 5.92 Å². The van der Waals surface area contributed by atoms with Crippen molar-refractivity contribution in [2.75, 3.05) is 0 Å². The Bertz CT molecular complexity index is 113. The fourth-order valence-electron chi connectivity index (χ4n) is 1.22. The van der Waals surface area contributed by atoms with Crippen LogP contribution in [0.4, 0.5) is 0 Å². The van der Waals surface area contributed by atoms with E-state index in [4.69, 9.17) is 4.43 Å². The summed E-state index contributed by atoms with van der Waals surface area (Å²) in [5, 5.41) is 0. The third-order valence-corrected chi connectivity index (χ3v) is 2.90. The first-order chi connectivity index (χ1) is 4.49. The zero-order chi connectivity index (χ0) is 7.78. The van der Waals surface area contributed by atoms with Gasteiger partial charge in [-0.15, -0.1) is 0 Å². The molecule has 0 aromatic heterocycles. The molecule has 1 unspecified atom stereocenters. The van der Waals surface area contributed by atoms with E-state index >= 15 is 0 Å². The molecule has 1 fully saturated rings. The Morgan fingerprint density at radius 1 is 1.30 bits per heavy atom. The van der Waals surface area contributed by atoms with E-state index in [0.29, 0.717) is 6.10 Å². The topological polar surface area (TPSA) is 9.23 Å². The second-order valence-corrected chi connectivity index (χ2v) is 8.73. The summed E-state index contributed by atoms with van der Waals surface area (Å²) in [6, 6.07) is 0. The SMILES string of the molecule is CC(O[Si](C)(C)C)C1CC1. The van der Waals surface area contributed by atoms with Crippen molar-refractivity contribution in [2.24, 2.45) is 5.92 Å². The first kappa shape index (κ1) is 8.28. The Hall–Kier alpha value is 0.177. The van der Waals surface area contributed by atoms with Gasteiger partial charge in [0, 0.05) is 6.10 Å². The van der Waals surface area contributed by atoms with Gasteiger partial charge in [0.1, 0.15) is 0 Å². The van der Waals surface area contributed by atoms with Gasteiger partial charge >= 0.3 is 0 Å². The first-order valence-electron chi connectivity index (χ1n) is 4.17. The van der Waals surface area contributed by atoms with Crippen LogP contribution in [-0.2, 0) is 4.43 Å². The summed E-state index contributed by atoms with van der Waals surface area (Å²) in [7, 11) is -1.24. The number of hydrogen-bond acceptors (Lipinski definition) is 1. The van der Waals surface area contributed by atoms with Gasteiger partial charge in [0.25, 0.3) is 0 Å².